The molecule has 2 nitrogen and oxygen atoms in total. The summed E-state index contributed by atoms with van der Waals surface area (Å²) in [6, 6.07) is 14.0. The van der Waals surface area contributed by atoms with Gasteiger partial charge in [-0.2, -0.15) is 0 Å². The molecule has 20 heavy (non-hydrogen) atoms. The lowest BCUT2D eigenvalue weighted by Gasteiger charge is -2.08. The fourth-order valence-electron chi connectivity index (χ4n) is 2.06. The van der Waals surface area contributed by atoms with Crippen LogP contribution in [0.15, 0.2) is 42.5 Å². The fraction of sp³-hybridized carbons (Fsp3) is 0.278. The summed E-state index contributed by atoms with van der Waals surface area (Å²) in [6.07, 6.45) is 0.995. The quantitative estimate of drug-likeness (QED) is 0.824. The Morgan fingerprint density at radius 2 is 1.70 bits per heavy atom. The van der Waals surface area contributed by atoms with E-state index >= 15 is 0 Å². The molecule has 2 aromatic carbocycles. The van der Waals surface area contributed by atoms with Gasteiger partial charge in [0.25, 0.3) is 0 Å². The Kier molecular flexibility index (Phi) is 4.57. The molecule has 0 aliphatic heterocycles. The van der Waals surface area contributed by atoms with Crippen molar-refractivity contribution in [1.82, 2.24) is 0 Å². The monoisotopic (exact) mass is 267 g/mol. The van der Waals surface area contributed by atoms with Gasteiger partial charge in [-0.3, -0.25) is 4.79 Å². The molecular weight excluding hydrogens is 246 g/mol. The van der Waals surface area contributed by atoms with Crippen LogP contribution in [0.2, 0.25) is 0 Å². The minimum Gasteiger partial charge on any atom is -0.378 e. The number of nitrogens with one attached hydrogen (secondary N) is 1. The largest absolute Gasteiger partial charge is 0.378 e. The van der Waals surface area contributed by atoms with Gasteiger partial charge in [0.1, 0.15) is 0 Å². The zero-order valence-corrected chi connectivity index (χ0v) is 12.4. The van der Waals surface area contributed by atoms with Gasteiger partial charge in [-0.05, 0) is 49.1 Å². The number of ketones is 1. The molecule has 2 heteroatoms. The highest BCUT2D eigenvalue weighted by Crippen LogP contribution is 2.14. The van der Waals surface area contributed by atoms with E-state index in [-0.39, 0.29) is 5.78 Å². The molecule has 0 bridgehead atoms. The van der Waals surface area contributed by atoms with Gasteiger partial charge in [-0.1, -0.05) is 37.3 Å². The summed E-state index contributed by atoms with van der Waals surface area (Å²) in [7, 11) is 0. The van der Waals surface area contributed by atoms with E-state index in [4.69, 9.17) is 0 Å². The first-order valence-electron chi connectivity index (χ1n) is 7.03. The zero-order chi connectivity index (χ0) is 14.5. The first-order valence-corrected chi connectivity index (χ1v) is 7.03. The number of benzene rings is 2. The van der Waals surface area contributed by atoms with E-state index in [1.54, 1.807) is 0 Å². The average Bonchev–Trinajstić information content (AvgIpc) is 2.48. The highest BCUT2D eigenvalue weighted by molar-refractivity contribution is 5.99. The molecule has 2 aromatic rings. The molecule has 1 N–H and O–H groups in total. The Bertz CT molecular complexity index is 599. The summed E-state index contributed by atoms with van der Waals surface area (Å²) in [5, 5.41) is 3.19. The SMILES string of the molecule is CCc1ccc(C(=O)CNc2ccc(C)c(C)c2)cc1. The lowest BCUT2D eigenvalue weighted by atomic mass is 10.1. The Labute approximate surface area is 120 Å². The second kappa shape index (κ2) is 6.38. The predicted octanol–water partition coefficient (Wildman–Crippen LogP) is 4.16. The number of rotatable bonds is 5. The number of hydrogen-bond acceptors (Lipinski definition) is 2. The number of hydrogen-bond donors (Lipinski definition) is 1. The lowest BCUT2D eigenvalue weighted by Crippen LogP contribution is -2.14. The molecule has 0 saturated heterocycles. The van der Waals surface area contributed by atoms with Gasteiger partial charge in [-0.15, -0.1) is 0 Å². The first-order chi connectivity index (χ1) is 9.60. The van der Waals surface area contributed by atoms with Crippen molar-refractivity contribution in [3.63, 3.8) is 0 Å². The van der Waals surface area contributed by atoms with E-state index < -0.39 is 0 Å². The molecule has 0 spiro atoms. The Balaban J connectivity index is 1.98. The molecule has 0 saturated carbocycles. The Morgan fingerprint density at radius 1 is 1.00 bits per heavy atom. The van der Waals surface area contributed by atoms with Gasteiger partial charge >= 0.3 is 0 Å². The van der Waals surface area contributed by atoms with Gasteiger partial charge in [0.15, 0.2) is 5.78 Å². The van der Waals surface area contributed by atoms with Crippen molar-refractivity contribution < 1.29 is 4.79 Å². The number of carbonyl (C=O) groups is 1. The van der Waals surface area contributed by atoms with Crippen molar-refractivity contribution in [1.29, 1.82) is 0 Å². The third-order valence-corrected chi connectivity index (χ3v) is 3.64. The summed E-state index contributed by atoms with van der Waals surface area (Å²) >= 11 is 0. The average molecular weight is 267 g/mol. The van der Waals surface area contributed by atoms with Crippen molar-refractivity contribution in [3.05, 3.63) is 64.7 Å². The van der Waals surface area contributed by atoms with Crippen LogP contribution in [-0.2, 0) is 6.42 Å². The summed E-state index contributed by atoms with van der Waals surface area (Å²) in [5.74, 6) is 0.117. The molecule has 0 fully saturated rings. The van der Waals surface area contributed by atoms with Crippen molar-refractivity contribution in [3.8, 4) is 0 Å². The van der Waals surface area contributed by atoms with Crippen LogP contribution in [0.25, 0.3) is 0 Å². The highest BCUT2D eigenvalue weighted by Gasteiger charge is 2.05. The fourth-order valence-corrected chi connectivity index (χ4v) is 2.06. The van der Waals surface area contributed by atoms with Crippen LogP contribution >= 0.6 is 0 Å². The lowest BCUT2D eigenvalue weighted by molar-refractivity contribution is 0.101. The molecule has 0 aliphatic carbocycles. The van der Waals surface area contributed by atoms with Crippen molar-refractivity contribution in [2.45, 2.75) is 27.2 Å². The van der Waals surface area contributed by atoms with Crippen LogP contribution in [0.3, 0.4) is 0 Å². The summed E-state index contributed by atoms with van der Waals surface area (Å²) in [4.78, 5) is 12.1. The molecule has 104 valence electrons. The third-order valence-electron chi connectivity index (χ3n) is 3.64. The third kappa shape index (κ3) is 3.47. The molecule has 0 aliphatic rings. The molecule has 0 heterocycles. The topological polar surface area (TPSA) is 29.1 Å². The summed E-state index contributed by atoms with van der Waals surface area (Å²) < 4.78 is 0. The van der Waals surface area contributed by atoms with Crippen LogP contribution < -0.4 is 5.32 Å². The second-order valence-corrected chi connectivity index (χ2v) is 5.13. The van der Waals surface area contributed by atoms with Crippen LogP contribution in [0, 0.1) is 13.8 Å². The van der Waals surface area contributed by atoms with Crippen molar-refractivity contribution in [2.24, 2.45) is 0 Å². The molecule has 0 unspecified atom stereocenters. The minimum absolute atomic E-state index is 0.117. The van der Waals surface area contributed by atoms with Gasteiger partial charge in [0, 0.05) is 11.3 Å². The molecule has 0 radical (unpaired) electrons. The Morgan fingerprint density at radius 3 is 2.30 bits per heavy atom. The van der Waals surface area contributed by atoms with Crippen molar-refractivity contribution >= 4 is 11.5 Å². The van der Waals surface area contributed by atoms with E-state index in [1.165, 1.54) is 16.7 Å². The Hall–Kier alpha value is -2.09. The van der Waals surface area contributed by atoms with Crippen LogP contribution in [0.4, 0.5) is 5.69 Å². The van der Waals surface area contributed by atoms with E-state index in [2.05, 4.69) is 38.2 Å². The number of anilines is 1. The van der Waals surface area contributed by atoms with Crippen LogP contribution in [-0.4, -0.2) is 12.3 Å². The molecule has 2 rings (SSSR count). The molecular formula is C18H21NO. The number of Topliss-reactive ketones (excluding diaryl/α,β-unsaturated/α-hetero) is 1. The van der Waals surface area contributed by atoms with Gasteiger partial charge in [-0.25, -0.2) is 0 Å². The zero-order valence-electron chi connectivity index (χ0n) is 12.4. The van der Waals surface area contributed by atoms with Crippen molar-refractivity contribution in [2.75, 3.05) is 11.9 Å². The van der Waals surface area contributed by atoms with E-state index in [9.17, 15) is 4.79 Å². The summed E-state index contributed by atoms with van der Waals surface area (Å²) in [5.41, 5.74) is 5.50. The maximum atomic E-state index is 12.1. The highest BCUT2D eigenvalue weighted by atomic mass is 16.1. The van der Waals surface area contributed by atoms with E-state index in [0.29, 0.717) is 6.54 Å². The maximum absolute atomic E-state index is 12.1. The van der Waals surface area contributed by atoms with E-state index in [1.807, 2.05) is 30.3 Å². The maximum Gasteiger partial charge on any atom is 0.181 e. The van der Waals surface area contributed by atoms with Gasteiger partial charge in [0.05, 0.1) is 6.54 Å². The smallest absolute Gasteiger partial charge is 0.181 e. The number of aryl methyl sites for hydroxylation is 3. The molecule has 0 aromatic heterocycles. The van der Waals surface area contributed by atoms with Crippen LogP contribution in [0.1, 0.15) is 34.0 Å². The standard InChI is InChI=1S/C18H21NO/c1-4-15-6-8-16(9-7-15)18(20)12-19-17-10-5-13(2)14(3)11-17/h5-11,19H,4,12H2,1-3H3. The van der Waals surface area contributed by atoms with Crippen LogP contribution in [0.5, 0.6) is 0 Å². The summed E-state index contributed by atoms with van der Waals surface area (Å²) in [6.45, 7) is 6.59. The molecule has 0 amide bonds. The minimum atomic E-state index is 0.117. The first kappa shape index (κ1) is 14.3. The van der Waals surface area contributed by atoms with E-state index in [0.717, 1.165) is 17.7 Å². The predicted molar refractivity (Wildman–Crippen MR) is 84.6 cm³/mol. The second-order valence-electron chi connectivity index (χ2n) is 5.13. The van der Waals surface area contributed by atoms with Gasteiger partial charge < -0.3 is 5.32 Å². The molecule has 0 atom stereocenters. The number of carbonyl (C=O) groups excluding carboxylic acids is 1. The normalized spacial score (nSPS) is 10.3. The van der Waals surface area contributed by atoms with Gasteiger partial charge in [0.2, 0.25) is 0 Å².